The van der Waals surface area contributed by atoms with Gasteiger partial charge in [-0.2, -0.15) is 0 Å². The van der Waals surface area contributed by atoms with Crippen LogP contribution >= 0.6 is 22.6 Å². The third kappa shape index (κ3) is 3.74. The molecule has 0 N–H and O–H groups in total. The molecule has 0 fully saturated rings. The van der Waals surface area contributed by atoms with E-state index < -0.39 is 0 Å². The maximum atomic E-state index is 6.16. The van der Waals surface area contributed by atoms with Gasteiger partial charge in [0.1, 0.15) is 0 Å². The lowest BCUT2D eigenvalue weighted by Crippen LogP contribution is -2.17. The number of rotatable bonds is 6. The quantitative estimate of drug-likeness (QED) is 0.543. The van der Waals surface area contributed by atoms with Crippen molar-refractivity contribution in [1.29, 1.82) is 0 Å². The van der Waals surface area contributed by atoms with Crippen LogP contribution < -0.4 is 0 Å². The molecular formula is C14H21IO. The van der Waals surface area contributed by atoms with Crippen LogP contribution in [0, 0.1) is 6.92 Å². The Balaban J connectivity index is 2.78. The number of aryl methyl sites for hydroxylation is 1. The van der Waals surface area contributed by atoms with Crippen LogP contribution in [0.25, 0.3) is 0 Å². The lowest BCUT2D eigenvalue weighted by molar-refractivity contribution is -0.00333. The second kappa shape index (κ2) is 7.28. The van der Waals surface area contributed by atoms with Crippen LogP contribution in [-0.2, 0) is 4.74 Å². The molecule has 0 spiro atoms. The molecule has 0 heterocycles. The SMILES string of the molecule is CCC(CC)OC(CI)c1ccccc1C. The van der Waals surface area contributed by atoms with Crippen molar-refractivity contribution in [3.63, 3.8) is 0 Å². The Hall–Kier alpha value is -0.0900. The highest BCUT2D eigenvalue weighted by molar-refractivity contribution is 14.1. The van der Waals surface area contributed by atoms with Gasteiger partial charge in [0, 0.05) is 4.43 Å². The molecule has 0 amide bonds. The van der Waals surface area contributed by atoms with Crippen LogP contribution in [0.2, 0.25) is 0 Å². The molecule has 1 unspecified atom stereocenters. The van der Waals surface area contributed by atoms with Crippen molar-refractivity contribution in [2.75, 3.05) is 4.43 Å². The van der Waals surface area contributed by atoms with Crippen LogP contribution in [-0.4, -0.2) is 10.5 Å². The van der Waals surface area contributed by atoms with Crippen molar-refractivity contribution in [2.24, 2.45) is 0 Å². The van der Waals surface area contributed by atoms with Gasteiger partial charge in [0.15, 0.2) is 0 Å². The summed E-state index contributed by atoms with van der Waals surface area (Å²) in [6.07, 6.45) is 2.82. The smallest absolute Gasteiger partial charge is 0.0920 e. The zero-order chi connectivity index (χ0) is 12.0. The zero-order valence-corrected chi connectivity index (χ0v) is 12.5. The summed E-state index contributed by atoms with van der Waals surface area (Å²) < 4.78 is 7.17. The third-order valence-corrected chi connectivity index (χ3v) is 3.74. The summed E-state index contributed by atoms with van der Waals surface area (Å²) in [5.41, 5.74) is 2.67. The van der Waals surface area contributed by atoms with E-state index in [9.17, 15) is 0 Å². The number of benzene rings is 1. The summed E-state index contributed by atoms with van der Waals surface area (Å²) in [5, 5.41) is 0. The number of hydrogen-bond donors (Lipinski definition) is 0. The second-order valence-electron chi connectivity index (χ2n) is 4.07. The van der Waals surface area contributed by atoms with E-state index in [1.165, 1.54) is 11.1 Å². The molecule has 0 saturated carbocycles. The molecule has 0 aliphatic heterocycles. The predicted octanol–water partition coefficient (Wildman–Crippen LogP) is 4.68. The fraction of sp³-hybridized carbons (Fsp3) is 0.571. The van der Waals surface area contributed by atoms with Gasteiger partial charge in [-0.3, -0.25) is 0 Å². The molecular weight excluding hydrogens is 311 g/mol. The molecule has 0 aromatic heterocycles. The normalized spacial score (nSPS) is 13.1. The van der Waals surface area contributed by atoms with Crippen LogP contribution in [0.4, 0.5) is 0 Å². The molecule has 1 aromatic carbocycles. The van der Waals surface area contributed by atoms with Crippen LogP contribution in [0.3, 0.4) is 0 Å². The van der Waals surface area contributed by atoms with Gasteiger partial charge >= 0.3 is 0 Å². The fourth-order valence-corrected chi connectivity index (χ4v) is 2.54. The fourth-order valence-electron chi connectivity index (χ4n) is 1.85. The summed E-state index contributed by atoms with van der Waals surface area (Å²) >= 11 is 2.41. The van der Waals surface area contributed by atoms with Crippen molar-refractivity contribution in [2.45, 2.75) is 45.8 Å². The Kier molecular flexibility index (Phi) is 6.36. The van der Waals surface area contributed by atoms with Gasteiger partial charge in [-0.05, 0) is 30.9 Å². The molecule has 0 saturated heterocycles. The van der Waals surface area contributed by atoms with Gasteiger partial charge in [0.2, 0.25) is 0 Å². The summed E-state index contributed by atoms with van der Waals surface area (Å²) in [7, 11) is 0. The van der Waals surface area contributed by atoms with Gasteiger partial charge < -0.3 is 4.74 Å². The van der Waals surface area contributed by atoms with E-state index in [0.717, 1.165) is 17.3 Å². The van der Waals surface area contributed by atoms with E-state index in [-0.39, 0.29) is 6.10 Å². The molecule has 0 radical (unpaired) electrons. The first-order valence-electron chi connectivity index (χ1n) is 5.99. The Morgan fingerprint density at radius 3 is 2.31 bits per heavy atom. The highest BCUT2D eigenvalue weighted by Gasteiger charge is 2.16. The van der Waals surface area contributed by atoms with Crippen molar-refractivity contribution in [3.05, 3.63) is 35.4 Å². The maximum Gasteiger partial charge on any atom is 0.0920 e. The van der Waals surface area contributed by atoms with Crippen molar-refractivity contribution in [1.82, 2.24) is 0 Å². The molecule has 16 heavy (non-hydrogen) atoms. The standard InChI is InChI=1S/C14H21IO/c1-4-12(5-2)16-14(10-15)13-9-7-6-8-11(13)3/h6-9,12,14H,4-5,10H2,1-3H3. The molecule has 2 heteroatoms. The van der Waals surface area contributed by atoms with Gasteiger partial charge in [-0.15, -0.1) is 0 Å². The van der Waals surface area contributed by atoms with Gasteiger partial charge in [0.25, 0.3) is 0 Å². The average Bonchev–Trinajstić information content (AvgIpc) is 2.32. The van der Waals surface area contributed by atoms with Crippen molar-refractivity contribution >= 4 is 22.6 Å². The topological polar surface area (TPSA) is 9.23 Å². The van der Waals surface area contributed by atoms with Crippen LogP contribution in [0.5, 0.6) is 0 Å². The first kappa shape index (κ1) is 14.0. The molecule has 0 aliphatic carbocycles. The highest BCUT2D eigenvalue weighted by atomic mass is 127. The van der Waals surface area contributed by atoms with E-state index in [1.54, 1.807) is 0 Å². The molecule has 0 bridgehead atoms. The summed E-state index contributed by atoms with van der Waals surface area (Å²) in [6, 6.07) is 8.52. The molecule has 90 valence electrons. The van der Waals surface area contributed by atoms with Crippen LogP contribution in [0.15, 0.2) is 24.3 Å². The van der Waals surface area contributed by atoms with Gasteiger partial charge in [0.05, 0.1) is 12.2 Å². The molecule has 1 aromatic rings. The largest absolute Gasteiger partial charge is 0.370 e. The Bertz CT molecular complexity index is 307. The first-order valence-corrected chi connectivity index (χ1v) is 7.52. The van der Waals surface area contributed by atoms with Crippen molar-refractivity contribution in [3.8, 4) is 0 Å². The Morgan fingerprint density at radius 2 is 1.81 bits per heavy atom. The number of alkyl halides is 1. The minimum atomic E-state index is 0.242. The molecule has 0 aliphatic rings. The van der Waals surface area contributed by atoms with Gasteiger partial charge in [-0.25, -0.2) is 0 Å². The number of ether oxygens (including phenoxy) is 1. The minimum absolute atomic E-state index is 0.242. The van der Waals surface area contributed by atoms with Crippen LogP contribution in [0.1, 0.15) is 43.9 Å². The summed E-state index contributed by atoms with van der Waals surface area (Å²) in [6.45, 7) is 6.54. The summed E-state index contributed by atoms with van der Waals surface area (Å²) in [4.78, 5) is 0. The zero-order valence-electron chi connectivity index (χ0n) is 10.4. The molecule has 1 rings (SSSR count). The Morgan fingerprint density at radius 1 is 1.19 bits per heavy atom. The molecule has 1 atom stereocenters. The van der Waals surface area contributed by atoms with Gasteiger partial charge in [-0.1, -0.05) is 60.7 Å². The van der Waals surface area contributed by atoms with E-state index in [4.69, 9.17) is 4.74 Å². The highest BCUT2D eigenvalue weighted by Crippen LogP contribution is 2.26. The second-order valence-corrected chi connectivity index (χ2v) is 4.95. The van der Waals surface area contributed by atoms with E-state index >= 15 is 0 Å². The van der Waals surface area contributed by atoms with E-state index in [0.29, 0.717) is 6.10 Å². The lowest BCUT2D eigenvalue weighted by atomic mass is 10.0. The average molecular weight is 332 g/mol. The lowest BCUT2D eigenvalue weighted by Gasteiger charge is -2.23. The Labute approximate surface area is 113 Å². The monoisotopic (exact) mass is 332 g/mol. The summed E-state index contributed by atoms with van der Waals surface area (Å²) in [5.74, 6) is 0. The predicted molar refractivity (Wildman–Crippen MR) is 78.3 cm³/mol. The molecule has 1 nitrogen and oxygen atoms in total. The van der Waals surface area contributed by atoms with Crippen molar-refractivity contribution < 1.29 is 4.74 Å². The number of halogens is 1. The van der Waals surface area contributed by atoms with E-state index in [1.807, 2.05) is 0 Å². The third-order valence-electron chi connectivity index (χ3n) is 2.94. The minimum Gasteiger partial charge on any atom is -0.370 e. The first-order chi connectivity index (χ1) is 7.72. The maximum absolute atomic E-state index is 6.16. The van der Waals surface area contributed by atoms with E-state index in [2.05, 4.69) is 67.6 Å². The number of hydrogen-bond acceptors (Lipinski definition) is 1.